The van der Waals surface area contributed by atoms with Gasteiger partial charge in [0.2, 0.25) is 0 Å². The predicted molar refractivity (Wildman–Crippen MR) is 57.7 cm³/mol. The molecule has 0 aliphatic heterocycles. The van der Waals surface area contributed by atoms with Crippen LogP contribution < -0.4 is 0 Å². The second-order valence-electron chi connectivity index (χ2n) is 4.47. The highest BCUT2D eigenvalue weighted by Crippen LogP contribution is 2.37. The van der Waals surface area contributed by atoms with Crippen molar-refractivity contribution in [3.8, 4) is 0 Å². The van der Waals surface area contributed by atoms with Crippen LogP contribution in [-0.2, 0) is 0 Å². The molecule has 1 saturated carbocycles. The number of hydrogen-bond donors (Lipinski definition) is 0. The minimum atomic E-state index is 0.401. The van der Waals surface area contributed by atoms with E-state index < -0.39 is 0 Å². The number of hydrogen-bond acceptors (Lipinski definition) is 3. The molecule has 15 heavy (non-hydrogen) atoms. The molecule has 4 heteroatoms. The van der Waals surface area contributed by atoms with Gasteiger partial charge < -0.3 is 4.57 Å². The summed E-state index contributed by atoms with van der Waals surface area (Å²) in [5, 5.41) is 0. The van der Waals surface area contributed by atoms with Crippen LogP contribution in [0.2, 0.25) is 0 Å². The minimum absolute atomic E-state index is 0.401. The summed E-state index contributed by atoms with van der Waals surface area (Å²) in [5.74, 6) is 0.401. The maximum Gasteiger partial charge on any atom is 0.163 e. The topological polar surface area (TPSA) is 43.6 Å². The van der Waals surface area contributed by atoms with Crippen LogP contribution in [0.25, 0.3) is 11.2 Å². The van der Waals surface area contributed by atoms with E-state index in [0.717, 1.165) is 16.9 Å². The van der Waals surface area contributed by atoms with Gasteiger partial charge in [-0.3, -0.25) is 0 Å². The standard InChI is InChI=1S/C11H14N4/c1-7(2)9-10-11(13-5-12-9)15(6-14-10)8-3-4-8/h5-8H,3-4H2,1-2H3. The predicted octanol–water partition coefficient (Wildman–Crippen LogP) is 2.28. The summed E-state index contributed by atoms with van der Waals surface area (Å²) in [6.45, 7) is 4.27. The highest BCUT2D eigenvalue weighted by molar-refractivity contribution is 5.73. The van der Waals surface area contributed by atoms with Crippen LogP contribution in [0, 0.1) is 0 Å². The summed E-state index contributed by atoms with van der Waals surface area (Å²) in [5.41, 5.74) is 3.02. The first-order chi connectivity index (χ1) is 7.27. The largest absolute Gasteiger partial charge is 0.312 e. The van der Waals surface area contributed by atoms with E-state index in [9.17, 15) is 0 Å². The fourth-order valence-electron chi connectivity index (χ4n) is 1.91. The van der Waals surface area contributed by atoms with E-state index in [1.807, 2.05) is 6.33 Å². The van der Waals surface area contributed by atoms with Crippen molar-refractivity contribution in [3.05, 3.63) is 18.3 Å². The lowest BCUT2D eigenvalue weighted by Crippen LogP contribution is -1.98. The van der Waals surface area contributed by atoms with E-state index in [0.29, 0.717) is 12.0 Å². The number of rotatable bonds is 2. The Hall–Kier alpha value is -1.45. The molecule has 2 heterocycles. The fraction of sp³-hybridized carbons (Fsp3) is 0.545. The van der Waals surface area contributed by atoms with Crippen molar-refractivity contribution >= 4 is 11.2 Å². The molecular formula is C11H14N4. The van der Waals surface area contributed by atoms with Gasteiger partial charge in [0.1, 0.15) is 11.8 Å². The molecule has 4 nitrogen and oxygen atoms in total. The van der Waals surface area contributed by atoms with Crippen LogP contribution >= 0.6 is 0 Å². The molecule has 0 aromatic carbocycles. The minimum Gasteiger partial charge on any atom is -0.312 e. The molecule has 0 radical (unpaired) electrons. The third kappa shape index (κ3) is 1.32. The summed E-state index contributed by atoms with van der Waals surface area (Å²) in [6, 6.07) is 0.630. The van der Waals surface area contributed by atoms with Crippen molar-refractivity contribution in [2.45, 2.75) is 38.6 Å². The van der Waals surface area contributed by atoms with Gasteiger partial charge >= 0.3 is 0 Å². The Morgan fingerprint density at radius 2 is 2.07 bits per heavy atom. The molecule has 2 aromatic rings. The number of nitrogens with zero attached hydrogens (tertiary/aromatic N) is 4. The zero-order valence-electron chi connectivity index (χ0n) is 9.01. The van der Waals surface area contributed by atoms with Crippen LogP contribution in [0.4, 0.5) is 0 Å². The molecule has 0 amide bonds. The molecule has 78 valence electrons. The summed E-state index contributed by atoms with van der Waals surface area (Å²) in [6.07, 6.45) is 6.07. The van der Waals surface area contributed by atoms with Gasteiger partial charge in [0.05, 0.1) is 12.0 Å². The monoisotopic (exact) mass is 202 g/mol. The van der Waals surface area contributed by atoms with Gasteiger partial charge in [-0.2, -0.15) is 0 Å². The van der Waals surface area contributed by atoms with Crippen molar-refractivity contribution in [3.63, 3.8) is 0 Å². The molecule has 0 atom stereocenters. The van der Waals surface area contributed by atoms with Crippen molar-refractivity contribution in [2.24, 2.45) is 0 Å². The Labute approximate surface area is 88.4 Å². The summed E-state index contributed by atoms with van der Waals surface area (Å²) >= 11 is 0. The molecule has 0 saturated heterocycles. The molecule has 1 fully saturated rings. The lowest BCUT2D eigenvalue weighted by atomic mass is 10.1. The van der Waals surface area contributed by atoms with Crippen LogP contribution in [-0.4, -0.2) is 19.5 Å². The SMILES string of the molecule is CC(C)c1ncnc2c1ncn2C1CC1. The van der Waals surface area contributed by atoms with Crippen LogP contribution in [0.3, 0.4) is 0 Å². The maximum atomic E-state index is 4.44. The summed E-state index contributed by atoms with van der Waals surface area (Å²) in [4.78, 5) is 13.1. The second-order valence-corrected chi connectivity index (χ2v) is 4.47. The molecule has 0 unspecified atom stereocenters. The van der Waals surface area contributed by atoms with E-state index in [2.05, 4.69) is 33.4 Å². The van der Waals surface area contributed by atoms with Gasteiger partial charge in [0.15, 0.2) is 5.65 Å². The molecular weight excluding hydrogens is 188 g/mol. The average molecular weight is 202 g/mol. The van der Waals surface area contributed by atoms with Crippen LogP contribution in [0.5, 0.6) is 0 Å². The zero-order chi connectivity index (χ0) is 10.4. The molecule has 1 aliphatic rings. The van der Waals surface area contributed by atoms with Crippen molar-refractivity contribution in [1.29, 1.82) is 0 Å². The zero-order valence-corrected chi connectivity index (χ0v) is 9.01. The van der Waals surface area contributed by atoms with Crippen molar-refractivity contribution in [1.82, 2.24) is 19.5 Å². The van der Waals surface area contributed by atoms with Gasteiger partial charge in [-0.1, -0.05) is 13.8 Å². The third-order valence-corrected chi connectivity index (χ3v) is 2.87. The van der Waals surface area contributed by atoms with Crippen LogP contribution in [0.1, 0.15) is 44.3 Å². The van der Waals surface area contributed by atoms with Crippen molar-refractivity contribution < 1.29 is 0 Å². The van der Waals surface area contributed by atoms with E-state index in [4.69, 9.17) is 0 Å². The quantitative estimate of drug-likeness (QED) is 0.750. The number of aromatic nitrogens is 4. The van der Waals surface area contributed by atoms with E-state index in [1.165, 1.54) is 12.8 Å². The van der Waals surface area contributed by atoms with Gasteiger partial charge in [-0.05, 0) is 18.8 Å². The molecule has 2 aromatic heterocycles. The normalized spacial score (nSPS) is 16.5. The summed E-state index contributed by atoms with van der Waals surface area (Å²) < 4.78 is 2.18. The van der Waals surface area contributed by atoms with E-state index >= 15 is 0 Å². The van der Waals surface area contributed by atoms with Crippen molar-refractivity contribution in [2.75, 3.05) is 0 Å². The lowest BCUT2D eigenvalue weighted by Gasteiger charge is -2.04. The molecule has 0 N–H and O–H groups in total. The smallest absolute Gasteiger partial charge is 0.163 e. The van der Waals surface area contributed by atoms with Gasteiger partial charge in [0, 0.05) is 6.04 Å². The first kappa shape index (κ1) is 8.83. The van der Waals surface area contributed by atoms with E-state index in [-0.39, 0.29) is 0 Å². The first-order valence-electron chi connectivity index (χ1n) is 5.45. The van der Waals surface area contributed by atoms with Gasteiger partial charge in [-0.25, -0.2) is 15.0 Å². The Kier molecular flexibility index (Phi) is 1.78. The third-order valence-electron chi connectivity index (χ3n) is 2.87. The Morgan fingerprint density at radius 1 is 1.27 bits per heavy atom. The average Bonchev–Trinajstić information content (AvgIpc) is 2.97. The summed E-state index contributed by atoms with van der Waals surface area (Å²) in [7, 11) is 0. The number of fused-ring (bicyclic) bond motifs is 1. The fourth-order valence-corrected chi connectivity index (χ4v) is 1.91. The lowest BCUT2D eigenvalue weighted by molar-refractivity contribution is 0.755. The highest BCUT2D eigenvalue weighted by Gasteiger charge is 2.26. The molecule has 3 rings (SSSR count). The van der Waals surface area contributed by atoms with Gasteiger partial charge in [-0.15, -0.1) is 0 Å². The Morgan fingerprint density at radius 3 is 2.73 bits per heavy atom. The number of imidazole rings is 1. The maximum absolute atomic E-state index is 4.44. The van der Waals surface area contributed by atoms with E-state index in [1.54, 1.807) is 6.33 Å². The Balaban J connectivity index is 2.23. The Bertz CT molecular complexity index is 496. The molecule has 1 aliphatic carbocycles. The first-order valence-corrected chi connectivity index (χ1v) is 5.45. The highest BCUT2D eigenvalue weighted by atomic mass is 15.2. The molecule has 0 bridgehead atoms. The van der Waals surface area contributed by atoms with Crippen LogP contribution in [0.15, 0.2) is 12.7 Å². The second kappa shape index (κ2) is 3.02. The van der Waals surface area contributed by atoms with Gasteiger partial charge in [0.25, 0.3) is 0 Å². The molecule has 0 spiro atoms.